The molecule has 0 aliphatic heterocycles. The van der Waals surface area contributed by atoms with Crippen molar-refractivity contribution in [1.29, 1.82) is 0 Å². The van der Waals surface area contributed by atoms with E-state index in [1.54, 1.807) is 14.2 Å². The Morgan fingerprint density at radius 2 is 0.988 bits per heavy atom. The molecule has 0 saturated heterocycles. The number of fused-ring (bicyclic) bond motifs is 9. The molecule has 6 nitrogen and oxygen atoms in total. The summed E-state index contributed by atoms with van der Waals surface area (Å²) in [6.45, 7) is 7.22. The van der Waals surface area contributed by atoms with Crippen LogP contribution in [0.1, 0.15) is 68.7 Å². The van der Waals surface area contributed by atoms with Gasteiger partial charge >= 0.3 is 0 Å². The Balaban J connectivity index is 1.07. The fourth-order valence-corrected chi connectivity index (χ4v) is 14.3. The van der Waals surface area contributed by atoms with Crippen LogP contribution in [0.15, 0.2) is 289 Å². The molecule has 1 spiro atoms. The first-order valence-corrected chi connectivity index (χ1v) is 29.9. The van der Waals surface area contributed by atoms with Crippen molar-refractivity contribution in [3.8, 4) is 16.9 Å². The van der Waals surface area contributed by atoms with E-state index in [2.05, 4.69) is 301 Å². The van der Waals surface area contributed by atoms with Gasteiger partial charge in [-0.1, -0.05) is 148 Å². The molecular formula is C78H70N4O2. The number of anilines is 8. The second-order valence-electron chi connectivity index (χ2n) is 23.2. The summed E-state index contributed by atoms with van der Waals surface area (Å²) in [5, 5.41) is 0. The molecule has 6 heteroatoms. The molecule has 0 saturated carbocycles. The Kier molecular flexibility index (Phi) is 13.8. The maximum Gasteiger partial charge on any atom is 0.119 e. The van der Waals surface area contributed by atoms with E-state index in [4.69, 9.17) is 9.47 Å². The smallest absolute Gasteiger partial charge is 0.119 e. The molecule has 5 atom stereocenters. The molecule has 8 aromatic carbocycles. The second-order valence-corrected chi connectivity index (χ2v) is 23.2. The summed E-state index contributed by atoms with van der Waals surface area (Å²) in [4.78, 5) is 10.0. The van der Waals surface area contributed by atoms with Crippen LogP contribution in [0.4, 0.5) is 45.5 Å². The van der Waals surface area contributed by atoms with Crippen molar-refractivity contribution in [3.63, 3.8) is 0 Å². The van der Waals surface area contributed by atoms with Gasteiger partial charge in [-0.15, -0.1) is 0 Å². The molecule has 0 bridgehead atoms. The summed E-state index contributed by atoms with van der Waals surface area (Å²) in [5.41, 5.74) is 22.2. The number of allylic oxidation sites excluding steroid dienone is 13. The maximum absolute atomic E-state index is 5.85. The van der Waals surface area contributed by atoms with Crippen molar-refractivity contribution in [2.24, 2.45) is 17.8 Å². The van der Waals surface area contributed by atoms with Gasteiger partial charge in [-0.2, -0.15) is 0 Å². The first-order valence-electron chi connectivity index (χ1n) is 29.9. The van der Waals surface area contributed by atoms with Crippen molar-refractivity contribution >= 4 is 51.1 Å². The third-order valence-electron chi connectivity index (χ3n) is 18.3. The Bertz CT molecular complexity index is 4020. The molecule has 0 amide bonds. The predicted octanol–water partition coefficient (Wildman–Crippen LogP) is 19.8. The normalized spacial score (nSPS) is 20.6. The minimum Gasteiger partial charge on any atom is -0.501 e. The van der Waals surface area contributed by atoms with Crippen molar-refractivity contribution in [2.45, 2.75) is 57.9 Å². The molecule has 8 aromatic rings. The minimum absolute atomic E-state index is 0.0116. The average Bonchev–Trinajstić information content (AvgIpc) is 1.82. The van der Waals surface area contributed by atoms with Gasteiger partial charge in [-0.3, -0.25) is 0 Å². The quantitative estimate of drug-likeness (QED) is 0.108. The second kappa shape index (κ2) is 22.0. The number of para-hydroxylation sites is 4. The summed E-state index contributed by atoms with van der Waals surface area (Å²) in [6.07, 6.45) is 27.2. The van der Waals surface area contributed by atoms with Crippen LogP contribution in [0.25, 0.3) is 16.7 Å². The van der Waals surface area contributed by atoms with Crippen molar-refractivity contribution in [2.75, 3.05) is 33.8 Å². The molecule has 6 aliphatic rings. The number of hydrogen-bond acceptors (Lipinski definition) is 6. The lowest BCUT2D eigenvalue weighted by Crippen LogP contribution is -2.44. The van der Waals surface area contributed by atoms with E-state index in [1.807, 2.05) is 0 Å². The first kappa shape index (κ1) is 52.5. The third kappa shape index (κ3) is 8.94. The zero-order valence-corrected chi connectivity index (χ0v) is 48.6. The zero-order valence-electron chi connectivity index (χ0n) is 48.6. The van der Waals surface area contributed by atoms with Gasteiger partial charge in [0.05, 0.1) is 31.4 Å². The summed E-state index contributed by atoms with van der Waals surface area (Å²) >= 11 is 0. The molecule has 0 N–H and O–H groups in total. The summed E-state index contributed by atoms with van der Waals surface area (Å²) in [7, 11) is 3.52. The van der Waals surface area contributed by atoms with E-state index in [1.165, 1.54) is 67.3 Å². The van der Waals surface area contributed by atoms with Crippen LogP contribution >= 0.6 is 0 Å². The van der Waals surface area contributed by atoms with E-state index < -0.39 is 5.41 Å². The van der Waals surface area contributed by atoms with Gasteiger partial charge in [0.15, 0.2) is 0 Å². The van der Waals surface area contributed by atoms with Gasteiger partial charge < -0.3 is 29.1 Å². The number of rotatable bonds is 14. The Morgan fingerprint density at radius 1 is 0.464 bits per heavy atom. The van der Waals surface area contributed by atoms with E-state index in [-0.39, 0.29) is 12.0 Å². The Labute approximate surface area is 495 Å². The number of ether oxygens (including phenoxy) is 2. The van der Waals surface area contributed by atoms with Gasteiger partial charge in [-0.05, 0) is 209 Å². The average molecular weight is 1100 g/mol. The molecule has 84 heavy (non-hydrogen) atoms. The van der Waals surface area contributed by atoms with Gasteiger partial charge in [0.2, 0.25) is 0 Å². The molecule has 14 rings (SSSR count). The lowest BCUT2D eigenvalue weighted by atomic mass is 9.64. The van der Waals surface area contributed by atoms with E-state index >= 15 is 0 Å². The monoisotopic (exact) mass is 1090 g/mol. The maximum atomic E-state index is 5.85. The Hall–Kier alpha value is -9.52. The van der Waals surface area contributed by atoms with Crippen LogP contribution in [0, 0.1) is 17.8 Å². The molecule has 0 radical (unpaired) electrons. The summed E-state index contributed by atoms with van der Waals surface area (Å²) in [6, 6.07) is 74.2. The molecule has 0 aromatic heterocycles. The number of methoxy groups -OCH3 is 2. The van der Waals surface area contributed by atoms with Crippen LogP contribution in [-0.4, -0.2) is 20.3 Å². The molecule has 6 aliphatic carbocycles. The highest BCUT2D eigenvalue weighted by molar-refractivity contribution is 6.00. The number of benzene rings is 8. The minimum atomic E-state index is -0.781. The lowest BCUT2D eigenvalue weighted by Gasteiger charge is -2.45. The molecule has 0 fully saturated rings. The van der Waals surface area contributed by atoms with Crippen LogP contribution in [0.3, 0.4) is 0 Å². The number of hydrogen-bond donors (Lipinski definition) is 0. The Morgan fingerprint density at radius 3 is 1.50 bits per heavy atom. The van der Waals surface area contributed by atoms with Crippen molar-refractivity contribution in [1.82, 2.24) is 0 Å². The third-order valence-corrected chi connectivity index (χ3v) is 18.3. The van der Waals surface area contributed by atoms with Crippen LogP contribution in [0.2, 0.25) is 0 Å². The SMILES string of the molecule is COC1=CC=C(N(C2=CCC(C)C=C2)c2ccc3c(c2)C2(C4=C(C=CC(N(C5=CC=CCC5C)c5ccccc5)C4C)c4ccc(N(c5ccccc5)c5ccccc5)cc42)c2cc(N(c4ccccc4)c4ccc(OC)cc4)ccc2-3)CC1. The van der Waals surface area contributed by atoms with E-state index in [9.17, 15) is 0 Å². The predicted molar refractivity (Wildman–Crippen MR) is 349 cm³/mol. The fourth-order valence-electron chi connectivity index (χ4n) is 14.3. The van der Waals surface area contributed by atoms with Crippen molar-refractivity contribution < 1.29 is 9.47 Å². The van der Waals surface area contributed by atoms with E-state index in [0.717, 1.165) is 77.0 Å². The summed E-state index contributed by atoms with van der Waals surface area (Å²) in [5.74, 6) is 2.62. The van der Waals surface area contributed by atoms with E-state index in [0.29, 0.717) is 11.8 Å². The van der Waals surface area contributed by atoms with Gasteiger partial charge in [0.1, 0.15) is 5.75 Å². The molecule has 414 valence electrons. The topological polar surface area (TPSA) is 31.4 Å². The van der Waals surface area contributed by atoms with Crippen LogP contribution < -0.4 is 24.3 Å². The van der Waals surface area contributed by atoms with Crippen LogP contribution in [-0.2, 0) is 10.2 Å². The van der Waals surface area contributed by atoms with Gasteiger partial charge in [0.25, 0.3) is 0 Å². The van der Waals surface area contributed by atoms with Crippen LogP contribution in [0.5, 0.6) is 5.75 Å². The van der Waals surface area contributed by atoms with Crippen molar-refractivity contribution in [3.05, 3.63) is 312 Å². The van der Waals surface area contributed by atoms with Gasteiger partial charge in [0, 0.05) is 74.9 Å². The zero-order chi connectivity index (χ0) is 56.9. The lowest BCUT2D eigenvalue weighted by molar-refractivity contribution is 0.275. The number of nitrogens with zero attached hydrogens (tertiary/aromatic N) is 4. The standard InChI is InChI=1S/C78H70N4O2/c1-53-30-32-60(33-31-53)81(62-36-43-67(84-5)44-37-62)65-39-46-69-68-45-38-64(80(58-25-14-8-15-26-58)61-34-41-66(83-4)42-35-61)50-72(68)78(73(69)51-65)74-52-63(79(56-21-10-6-11-22-56)57-23-12-7-13-24-57)40-47-70(74)71-48-49-76(55(3)77(71)78)82(59-27-16-9-17-28-59)75-29-19-18-20-54(75)2/h6-19,21-30,32-36,38-43,45-55,76H,20,31,37,44H2,1-5H3. The summed E-state index contributed by atoms with van der Waals surface area (Å²) < 4.78 is 11.6. The van der Waals surface area contributed by atoms with Gasteiger partial charge in [-0.25, -0.2) is 0 Å². The highest BCUT2D eigenvalue weighted by Gasteiger charge is 2.57. The highest BCUT2D eigenvalue weighted by Crippen LogP contribution is 2.67. The fraction of sp³-hybridized carbons (Fsp3) is 0.179. The first-order chi connectivity index (χ1) is 41.3. The molecular weight excluding hydrogens is 1020 g/mol. The highest BCUT2D eigenvalue weighted by atomic mass is 16.5. The largest absolute Gasteiger partial charge is 0.501 e. The molecule has 5 unspecified atom stereocenters. The molecule has 0 heterocycles.